The molecular formula is C32H32N2O8. The van der Waals surface area contributed by atoms with Gasteiger partial charge in [-0.1, -0.05) is 36.4 Å². The topological polar surface area (TPSA) is 140 Å². The summed E-state index contributed by atoms with van der Waals surface area (Å²) in [5.74, 6) is -3.13. The van der Waals surface area contributed by atoms with Gasteiger partial charge in [-0.25, -0.2) is 19.4 Å². The molecule has 0 heterocycles. The fourth-order valence-corrected chi connectivity index (χ4v) is 4.64. The number of benzene rings is 4. The van der Waals surface area contributed by atoms with Crippen molar-refractivity contribution in [1.82, 2.24) is 0 Å². The molecule has 0 amide bonds. The first-order valence-corrected chi connectivity index (χ1v) is 13.3. The number of anilines is 4. The van der Waals surface area contributed by atoms with Crippen molar-refractivity contribution in [1.29, 1.82) is 0 Å². The van der Waals surface area contributed by atoms with E-state index >= 15 is 0 Å². The summed E-state index contributed by atoms with van der Waals surface area (Å²) in [4.78, 5) is 39.5. The molecule has 0 saturated carbocycles. The number of para-hydroxylation sites is 2. The lowest BCUT2D eigenvalue weighted by Gasteiger charge is -2.27. The predicted molar refractivity (Wildman–Crippen MR) is 158 cm³/mol. The average Bonchev–Trinajstić information content (AvgIpc) is 3.00. The van der Waals surface area contributed by atoms with E-state index in [-0.39, 0.29) is 45.5 Å². The Kier molecular flexibility index (Phi) is 8.76. The van der Waals surface area contributed by atoms with Crippen LogP contribution in [0.25, 0.3) is 0 Å². The third-order valence-corrected chi connectivity index (χ3v) is 6.90. The zero-order chi connectivity index (χ0) is 30.6. The van der Waals surface area contributed by atoms with Gasteiger partial charge in [0.05, 0.1) is 33.9 Å². The Morgan fingerprint density at radius 3 is 1.26 bits per heavy atom. The molecule has 0 atom stereocenters. The molecule has 42 heavy (non-hydrogen) atoms. The van der Waals surface area contributed by atoms with E-state index in [0.29, 0.717) is 35.6 Å². The molecule has 10 heteroatoms. The molecule has 0 spiro atoms. The molecule has 0 fully saturated rings. The van der Waals surface area contributed by atoms with Crippen LogP contribution in [0.1, 0.15) is 45.7 Å². The summed E-state index contributed by atoms with van der Waals surface area (Å²) in [7, 11) is 0. The first-order chi connectivity index (χ1) is 20.1. The zero-order valence-corrected chi connectivity index (χ0v) is 23.7. The van der Waals surface area contributed by atoms with Gasteiger partial charge in [0.1, 0.15) is 0 Å². The highest BCUT2D eigenvalue weighted by Gasteiger charge is 2.26. The summed E-state index contributed by atoms with van der Waals surface area (Å²) in [5, 5.41) is 41.7. The van der Waals surface area contributed by atoms with Gasteiger partial charge in [0, 0.05) is 13.1 Å². The highest BCUT2D eigenvalue weighted by molar-refractivity contribution is 6.00. The maximum Gasteiger partial charge on any atom is 0.388 e. The summed E-state index contributed by atoms with van der Waals surface area (Å²) < 4.78 is 0. The third-order valence-electron chi connectivity index (χ3n) is 6.90. The van der Waals surface area contributed by atoms with Crippen molar-refractivity contribution in [2.75, 3.05) is 22.9 Å². The number of phenolic OH excluding ortho intramolecular Hbond substituents is 4. The van der Waals surface area contributed by atoms with E-state index in [0.717, 1.165) is 0 Å². The molecule has 4 N–H and O–H groups in total. The number of rotatable bonds is 8. The molecule has 0 aliphatic heterocycles. The van der Waals surface area contributed by atoms with Gasteiger partial charge in [-0.2, -0.15) is 0 Å². The van der Waals surface area contributed by atoms with Crippen molar-refractivity contribution >= 4 is 34.7 Å². The highest BCUT2D eigenvalue weighted by atomic mass is 17.2. The van der Waals surface area contributed by atoms with Crippen molar-refractivity contribution in [3.05, 3.63) is 95.1 Å². The van der Waals surface area contributed by atoms with Crippen LogP contribution in [-0.2, 0) is 9.78 Å². The molecule has 0 saturated heterocycles. The monoisotopic (exact) mass is 572 g/mol. The Hall–Kier alpha value is -5.38. The number of hydrogen-bond acceptors (Lipinski definition) is 10. The summed E-state index contributed by atoms with van der Waals surface area (Å²) in [6.07, 6.45) is 0. The summed E-state index contributed by atoms with van der Waals surface area (Å²) in [6, 6.07) is 19.4. The van der Waals surface area contributed by atoms with Crippen molar-refractivity contribution in [2.45, 2.75) is 27.7 Å². The van der Waals surface area contributed by atoms with Gasteiger partial charge >= 0.3 is 11.9 Å². The Morgan fingerprint density at radius 2 is 0.905 bits per heavy atom. The number of nitrogens with zero attached hydrogens (tertiary/aromatic N) is 2. The standard InChI is InChI=1S/C32H32N2O8/c1-5-33(25-17-15-19(3)27(35)29(25)37)23-13-9-7-11-21(23)31(39)41-42-32(40)22-12-8-10-14-24(22)34(6-2)26-18-16-20(4)28(36)30(26)38/h7-18,35-38H,5-6H2,1-4H3. The number of carbonyl (C=O) groups excluding carboxylic acids is 2. The Bertz CT molecular complexity index is 1510. The molecule has 4 rings (SSSR count). The maximum atomic E-state index is 13.2. The second-order valence-electron chi connectivity index (χ2n) is 9.46. The van der Waals surface area contributed by atoms with E-state index in [4.69, 9.17) is 9.78 Å². The minimum Gasteiger partial charge on any atom is -0.504 e. The zero-order valence-electron chi connectivity index (χ0n) is 23.7. The lowest BCUT2D eigenvalue weighted by molar-refractivity contribution is -0.187. The number of aryl methyl sites for hydroxylation is 2. The Morgan fingerprint density at radius 1 is 0.548 bits per heavy atom. The van der Waals surface area contributed by atoms with E-state index < -0.39 is 11.9 Å². The largest absolute Gasteiger partial charge is 0.504 e. The van der Waals surface area contributed by atoms with Crippen LogP contribution in [0.3, 0.4) is 0 Å². The first-order valence-electron chi connectivity index (χ1n) is 13.3. The minimum absolute atomic E-state index is 0.0511. The van der Waals surface area contributed by atoms with Gasteiger partial charge in [0.15, 0.2) is 23.0 Å². The van der Waals surface area contributed by atoms with Crippen molar-refractivity contribution in [3.8, 4) is 23.0 Å². The van der Waals surface area contributed by atoms with Crippen LogP contribution in [0.15, 0.2) is 72.8 Å². The second-order valence-corrected chi connectivity index (χ2v) is 9.46. The summed E-state index contributed by atoms with van der Waals surface area (Å²) in [6.45, 7) is 7.56. The van der Waals surface area contributed by atoms with Gasteiger partial charge in [0.25, 0.3) is 0 Å². The van der Waals surface area contributed by atoms with Crippen LogP contribution >= 0.6 is 0 Å². The molecular weight excluding hydrogens is 540 g/mol. The van der Waals surface area contributed by atoms with E-state index in [9.17, 15) is 30.0 Å². The van der Waals surface area contributed by atoms with E-state index in [1.165, 1.54) is 12.1 Å². The van der Waals surface area contributed by atoms with E-state index in [2.05, 4.69) is 0 Å². The highest BCUT2D eigenvalue weighted by Crippen LogP contribution is 2.43. The quantitative estimate of drug-likeness (QED) is 0.107. The van der Waals surface area contributed by atoms with Gasteiger partial charge in [-0.15, -0.1) is 0 Å². The Balaban J connectivity index is 1.60. The maximum absolute atomic E-state index is 13.2. The van der Waals surface area contributed by atoms with Crippen LogP contribution in [0.2, 0.25) is 0 Å². The fourth-order valence-electron chi connectivity index (χ4n) is 4.64. The molecule has 0 radical (unpaired) electrons. The van der Waals surface area contributed by atoms with Crippen LogP contribution in [0, 0.1) is 13.8 Å². The van der Waals surface area contributed by atoms with Crippen molar-refractivity contribution in [2.24, 2.45) is 0 Å². The van der Waals surface area contributed by atoms with Crippen LogP contribution < -0.4 is 9.80 Å². The molecule has 0 unspecified atom stereocenters. The van der Waals surface area contributed by atoms with Gasteiger partial charge in [-0.3, -0.25) is 0 Å². The van der Waals surface area contributed by atoms with Crippen LogP contribution in [0.5, 0.6) is 23.0 Å². The Labute approximate surface area is 243 Å². The van der Waals surface area contributed by atoms with Crippen LogP contribution in [-0.4, -0.2) is 45.5 Å². The lowest BCUT2D eigenvalue weighted by atomic mass is 10.1. The smallest absolute Gasteiger partial charge is 0.388 e. The minimum atomic E-state index is -0.959. The van der Waals surface area contributed by atoms with E-state index in [1.54, 1.807) is 98.2 Å². The molecule has 218 valence electrons. The summed E-state index contributed by atoms with van der Waals surface area (Å²) in [5.41, 5.74) is 2.34. The number of hydrogen-bond donors (Lipinski definition) is 4. The fraction of sp³-hybridized carbons (Fsp3) is 0.188. The molecule has 0 aliphatic carbocycles. The first kappa shape index (κ1) is 29.6. The number of carbonyl (C=O) groups is 2. The average molecular weight is 573 g/mol. The van der Waals surface area contributed by atoms with Crippen molar-refractivity contribution < 1.29 is 39.8 Å². The molecule has 4 aromatic rings. The normalized spacial score (nSPS) is 10.7. The van der Waals surface area contributed by atoms with Gasteiger partial charge < -0.3 is 30.2 Å². The number of aromatic hydroxyl groups is 4. The second kappa shape index (κ2) is 12.4. The molecule has 10 nitrogen and oxygen atoms in total. The molecule has 0 aromatic heterocycles. The molecule has 0 bridgehead atoms. The third kappa shape index (κ3) is 5.60. The van der Waals surface area contributed by atoms with Gasteiger partial charge in [-0.05, 0) is 75.2 Å². The van der Waals surface area contributed by atoms with Crippen LogP contribution in [0.4, 0.5) is 22.7 Å². The van der Waals surface area contributed by atoms with E-state index in [1.807, 2.05) is 0 Å². The van der Waals surface area contributed by atoms with Gasteiger partial charge in [0.2, 0.25) is 0 Å². The molecule has 4 aromatic carbocycles. The lowest BCUT2D eigenvalue weighted by Crippen LogP contribution is -2.22. The SMILES string of the molecule is CCN(c1ccccc1C(=O)OOC(=O)c1ccccc1N(CC)c1ccc(C)c(O)c1O)c1ccc(C)c(O)c1O. The molecule has 0 aliphatic rings. The van der Waals surface area contributed by atoms with Crippen molar-refractivity contribution in [3.63, 3.8) is 0 Å². The number of phenols is 4. The predicted octanol–water partition coefficient (Wildman–Crippen LogP) is 6.37. The summed E-state index contributed by atoms with van der Waals surface area (Å²) >= 11 is 0.